The number of fused-ring (bicyclic) bond motifs is 2. The third-order valence-electron chi connectivity index (χ3n) is 4.59. The number of hydrogen-bond donors (Lipinski definition) is 1. The van der Waals surface area contributed by atoms with Crippen molar-refractivity contribution in [3.05, 3.63) is 23.8 Å². The van der Waals surface area contributed by atoms with Crippen LogP contribution in [0, 0.1) is 5.92 Å². The smallest absolute Gasteiger partial charge is 0.334 e. The standard InChI is InChI=1S/C15H20O4/c1-8-4-5-12-15(3,19-12)7-11-13(10(16)6-8)9(2)14(17)18-11/h6,10-13,16H,2,4-5,7H2,1,3H3/b8-6+/t10-,11-,12+,13+,15-/m0/s1. The first-order valence-corrected chi connectivity index (χ1v) is 6.84. The molecule has 4 nitrogen and oxygen atoms in total. The van der Waals surface area contributed by atoms with Crippen LogP contribution in [-0.2, 0) is 14.3 Å². The highest BCUT2D eigenvalue weighted by atomic mass is 16.6. The average Bonchev–Trinajstić information content (AvgIpc) is 2.87. The third kappa shape index (κ3) is 2.13. The van der Waals surface area contributed by atoms with E-state index in [1.165, 1.54) is 0 Å². The maximum Gasteiger partial charge on any atom is 0.334 e. The Hall–Kier alpha value is -1.13. The molecule has 3 rings (SSSR count). The molecule has 0 aromatic rings. The van der Waals surface area contributed by atoms with Gasteiger partial charge in [0.25, 0.3) is 0 Å². The molecular weight excluding hydrogens is 244 g/mol. The lowest BCUT2D eigenvalue weighted by molar-refractivity contribution is -0.140. The molecular formula is C15H20O4. The predicted molar refractivity (Wildman–Crippen MR) is 69.4 cm³/mol. The summed E-state index contributed by atoms with van der Waals surface area (Å²) in [5.41, 5.74) is 1.28. The van der Waals surface area contributed by atoms with E-state index in [2.05, 4.69) is 13.5 Å². The second-order valence-electron chi connectivity index (χ2n) is 6.16. The molecule has 1 aliphatic carbocycles. The zero-order valence-electron chi connectivity index (χ0n) is 11.4. The van der Waals surface area contributed by atoms with Crippen molar-refractivity contribution < 1.29 is 19.4 Å². The number of hydrogen-bond acceptors (Lipinski definition) is 4. The highest BCUT2D eigenvalue weighted by Gasteiger charge is 2.56. The van der Waals surface area contributed by atoms with Gasteiger partial charge in [-0.3, -0.25) is 0 Å². The van der Waals surface area contributed by atoms with E-state index >= 15 is 0 Å². The number of aliphatic hydroxyl groups is 1. The molecule has 3 aliphatic rings. The van der Waals surface area contributed by atoms with Gasteiger partial charge in [-0.25, -0.2) is 4.79 Å². The number of esters is 1. The van der Waals surface area contributed by atoms with Gasteiger partial charge in [0.15, 0.2) is 0 Å². The molecule has 4 heteroatoms. The van der Waals surface area contributed by atoms with Gasteiger partial charge < -0.3 is 14.6 Å². The number of carbonyl (C=O) groups is 1. The van der Waals surface area contributed by atoms with Crippen LogP contribution in [-0.4, -0.2) is 35.0 Å². The molecule has 0 unspecified atom stereocenters. The highest BCUT2D eigenvalue weighted by molar-refractivity contribution is 5.91. The Morgan fingerprint density at radius 2 is 2.26 bits per heavy atom. The molecule has 0 saturated carbocycles. The van der Waals surface area contributed by atoms with Crippen LogP contribution in [0.2, 0.25) is 0 Å². The highest BCUT2D eigenvalue weighted by Crippen LogP contribution is 2.47. The van der Waals surface area contributed by atoms with Gasteiger partial charge in [0.05, 0.1) is 23.7 Å². The van der Waals surface area contributed by atoms with E-state index in [0.717, 1.165) is 18.4 Å². The minimum Gasteiger partial charge on any atom is -0.458 e. The van der Waals surface area contributed by atoms with Crippen LogP contribution in [0.25, 0.3) is 0 Å². The van der Waals surface area contributed by atoms with Crippen molar-refractivity contribution >= 4 is 5.97 Å². The summed E-state index contributed by atoms with van der Waals surface area (Å²) in [6.45, 7) is 7.83. The average molecular weight is 264 g/mol. The van der Waals surface area contributed by atoms with Gasteiger partial charge in [-0.05, 0) is 26.7 Å². The SMILES string of the molecule is C=C1C(=O)O[C@H]2C[C@]3(C)O[C@@H]3CC/C(C)=C/[C@H](O)[C@@H]12. The Morgan fingerprint density at radius 3 is 3.00 bits per heavy atom. The van der Waals surface area contributed by atoms with Gasteiger partial charge in [0, 0.05) is 12.0 Å². The van der Waals surface area contributed by atoms with Crippen LogP contribution in [0.5, 0.6) is 0 Å². The first-order valence-electron chi connectivity index (χ1n) is 6.84. The van der Waals surface area contributed by atoms with Crippen molar-refractivity contribution in [3.63, 3.8) is 0 Å². The molecule has 0 amide bonds. The summed E-state index contributed by atoms with van der Waals surface area (Å²) in [4.78, 5) is 11.7. The monoisotopic (exact) mass is 264 g/mol. The predicted octanol–water partition coefficient (Wildman–Crippen LogP) is 1.73. The second kappa shape index (κ2) is 4.18. The van der Waals surface area contributed by atoms with Crippen LogP contribution < -0.4 is 0 Å². The van der Waals surface area contributed by atoms with Crippen LogP contribution in [0.3, 0.4) is 0 Å². The van der Waals surface area contributed by atoms with Crippen LogP contribution in [0.1, 0.15) is 33.1 Å². The Morgan fingerprint density at radius 1 is 1.53 bits per heavy atom. The molecule has 0 spiro atoms. The third-order valence-corrected chi connectivity index (χ3v) is 4.59. The minimum absolute atomic E-state index is 0.217. The molecule has 0 radical (unpaired) electrons. The molecule has 2 heterocycles. The molecule has 19 heavy (non-hydrogen) atoms. The molecule has 2 fully saturated rings. The van der Waals surface area contributed by atoms with Crippen molar-refractivity contribution in [2.24, 2.45) is 5.92 Å². The van der Waals surface area contributed by atoms with Crippen LogP contribution in [0.4, 0.5) is 0 Å². The normalized spacial score (nSPS) is 48.7. The Labute approximate surface area is 113 Å². The van der Waals surface area contributed by atoms with Gasteiger partial charge in [-0.1, -0.05) is 18.2 Å². The number of rotatable bonds is 0. The van der Waals surface area contributed by atoms with Crippen molar-refractivity contribution in [1.29, 1.82) is 0 Å². The maximum absolute atomic E-state index is 11.7. The Bertz CT molecular complexity index is 467. The molecule has 104 valence electrons. The van der Waals surface area contributed by atoms with Gasteiger partial charge in [0.2, 0.25) is 0 Å². The van der Waals surface area contributed by atoms with E-state index in [1.807, 2.05) is 13.0 Å². The van der Waals surface area contributed by atoms with Crippen molar-refractivity contribution in [3.8, 4) is 0 Å². The molecule has 2 aliphatic heterocycles. The summed E-state index contributed by atoms with van der Waals surface area (Å²) >= 11 is 0. The number of allylic oxidation sites excluding steroid dienone is 1. The molecule has 0 aromatic carbocycles. The minimum atomic E-state index is -0.706. The van der Waals surface area contributed by atoms with Crippen LogP contribution >= 0.6 is 0 Å². The van der Waals surface area contributed by atoms with Crippen molar-refractivity contribution in [2.45, 2.75) is 57.0 Å². The van der Waals surface area contributed by atoms with Crippen LogP contribution in [0.15, 0.2) is 23.8 Å². The van der Waals surface area contributed by atoms with E-state index in [1.54, 1.807) is 0 Å². The lowest BCUT2D eigenvalue weighted by atomic mass is 9.83. The summed E-state index contributed by atoms with van der Waals surface area (Å²) in [6.07, 6.45) is 3.54. The Kier molecular flexibility index (Phi) is 2.84. The van der Waals surface area contributed by atoms with Gasteiger partial charge in [-0.15, -0.1) is 0 Å². The fraction of sp³-hybridized carbons (Fsp3) is 0.667. The second-order valence-corrected chi connectivity index (χ2v) is 6.16. The first-order chi connectivity index (χ1) is 8.90. The first kappa shape index (κ1) is 12.9. The zero-order valence-corrected chi connectivity index (χ0v) is 11.4. The summed E-state index contributed by atoms with van der Waals surface area (Å²) in [5, 5.41) is 10.3. The Balaban J connectivity index is 1.92. The lowest BCUT2D eigenvalue weighted by Gasteiger charge is -2.24. The van der Waals surface area contributed by atoms with Gasteiger partial charge in [0.1, 0.15) is 6.10 Å². The van der Waals surface area contributed by atoms with E-state index < -0.39 is 6.10 Å². The quantitative estimate of drug-likeness (QED) is 0.313. The lowest BCUT2D eigenvalue weighted by Crippen LogP contribution is -2.32. The summed E-state index contributed by atoms with van der Waals surface area (Å²) in [7, 11) is 0. The molecule has 5 atom stereocenters. The fourth-order valence-electron chi connectivity index (χ4n) is 3.31. The number of epoxide rings is 1. The molecule has 2 saturated heterocycles. The van der Waals surface area contributed by atoms with E-state index in [-0.39, 0.29) is 29.7 Å². The summed E-state index contributed by atoms with van der Waals surface area (Å²) < 4.78 is 11.1. The maximum atomic E-state index is 11.7. The van der Waals surface area contributed by atoms with E-state index in [9.17, 15) is 9.90 Å². The zero-order chi connectivity index (χ0) is 13.8. The number of aliphatic hydroxyl groups excluding tert-OH is 1. The van der Waals surface area contributed by atoms with Gasteiger partial charge in [-0.2, -0.15) is 0 Å². The van der Waals surface area contributed by atoms with E-state index in [4.69, 9.17) is 9.47 Å². The van der Waals surface area contributed by atoms with E-state index in [0.29, 0.717) is 12.0 Å². The fourth-order valence-corrected chi connectivity index (χ4v) is 3.31. The molecule has 1 N–H and O–H groups in total. The van der Waals surface area contributed by atoms with Crippen molar-refractivity contribution in [1.82, 2.24) is 0 Å². The molecule has 0 bridgehead atoms. The summed E-state index contributed by atoms with van der Waals surface area (Å²) in [6, 6.07) is 0. The van der Waals surface area contributed by atoms with Crippen molar-refractivity contribution in [2.75, 3.05) is 0 Å². The summed E-state index contributed by atoms with van der Waals surface area (Å²) in [5.74, 6) is -0.734. The largest absolute Gasteiger partial charge is 0.458 e. The number of carbonyl (C=O) groups excluding carboxylic acids is 1. The molecule has 0 aromatic heterocycles. The van der Waals surface area contributed by atoms with Gasteiger partial charge >= 0.3 is 5.97 Å². The topological polar surface area (TPSA) is 59.1 Å². The number of ether oxygens (including phenoxy) is 2.